The molecule has 0 bridgehead atoms. The van der Waals surface area contributed by atoms with E-state index >= 15 is 0 Å². The molecule has 1 saturated heterocycles. The van der Waals surface area contributed by atoms with Crippen LogP contribution in [0.25, 0.3) is 22.1 Å². The fraction of sp³-hybridized carbons (Fsp3) is 0.375. The molecule has 0 N–H and O–H groups in total. The van der Waals surface area contributed by atoms with Gasteiger partial charge in [0.25, 0.3) is 0 Å². The van der Waals surface area contributed by atoms with Gasteiger partial charge in [0.05, 0.1) is 36.8 Å². The Morgan fingerprint density at radius 1 is 1.13 bits per heavy atom. The van der Waals surface area contributed by atoms with Crippen molar-refractivity contribution in [1.29, 1.82) is 0 Å². The van der Waals surface area contributed by atoms with Crippen molar-refractivity contribution in [1.82, 2.24) is 4.90 Å². The summed E-state index contributed by atoms with van der Waals surface area (Å²) in [7, 11) is 3.15. The Morgan fingerprint density at radius 2 is 2.00 bits per heavy atom. The highest BCUT2D eigenvalue weighted by Crippen LogP contribution is 2.35. The molecular weight excluding hydrogens is 398 g/mol. The van der Waals surface area contributed by atoms with E-state index < -0.39 is 0 Å². The van der Waals surface area contributed by atoms with Crippen LogP contribution in [0.1, 0.15) is 18.4 Å². The van der Waals surface area contributed by atoms with Gasteiger partial charge in [0.1, 0.15) is 24.3 Å². The lowest BCUT2D eigenvalue weighted by Crippen LogP contribution is -2.37. The third kappa shape index (κ3) is 3.64. The summed E-state index contributed by atoms with van der Waals surface area (Å²) in [4.78, 5) is 15.5. The smallest absolute Gasteiger partial charge is 0.200 e. The summed E-state index contributed by atoms with van der Waals surface area (Å²) in [5.74, 6) is 1.93. The number of ether oxygens (including phenoxy) is 4. The molecule has 3 heterocycles. The lowest BCUT2D eigenvalue weighted by atomic mass is 10.0. The molecule has 1 aromatic heterocycles. The van der Waals surface area contributed by atoms with Crippen LogP contribution in [0.4, 0.5) is 0 Å². The third-order valence-corrected chi connectivity index (χ3v) is 5.97. The average molecular weight is 423 g/mol. The predicted molar refractivity (Wildman–Crippen MR) is 116 cm³/mol. The van der Waals surface area contributed by atoms with E-state index in [2.05, 4.69) is 4.90 Å². The number of methoxy groups -OCH3 is 2. The molecule has 0 saturated carbocycles. The molecule has 7 nitrogen and oxygen atoms in total. The van der Waals surface area contributed by atoms with Crippen LogP contribution in [0.5, 0.6) is 17.2 Å². The van der Waals surface area contributed by atoms with Gasteiger partial charge in [-0.2, -0.15) is 0 Å². The lowest BCUT2D eigenvalue weighted by Gasteiger charge is -2.30. The zero-order valence-electron chi connectivity index (χ0n) is 17.7. The molecule has 162 valence electrons. The number of benzene rings is 2. The molecule has 1 unspecified atom stereocenters. The van der Waals surface area contributed by atoms with Gasteiger partial charge < -0.3 is 23.4 Å². The van der Waals surface area contributed by atoms with E-state index in [1.165, 1.54) is 6.26 Å². The van der Waals surface area contributed by atoms with Gasteiger partial charge in [0.2, 0.25) is 5.43 Å². The maximum absolute atomic E-state index is 13.3. The Kier molecular flexibility index (Phi) is 5.29. The first-order valence-corrected chi connectivity index (χ1v) is 10.4. The number of fused-ring (bicyclic) bond motifs is 3. The topological polar surface area (TPSA) is 70.4 Å². The first-order chi connectivity index (χ1) is 15.2. The van der Waals surface area contributed by atoms with Crippen molar-refractivity contribution in [3.05, 3.63) is 52.4 Å². The van der Waals surface area contributed by atoms with Crippen molar-refractivity contribution in [2.24, 2.45) is 0 Å². The number of rotatable bonds is 5. The normalized spacial score (nSPS) is 18.6. The summed E-state index contributed by atoms with van der Waals surface area (Å²) in [5, 5.41) is 0.536. The molecule has 0 amide bonds. The van der Waals surface area contributed by atoms with E-state index in [9.17, 15) is 4.79 Å². The summed E-state index contributed by atoms with van der Waals surface area (Å²) in [5.41, 5.74) is 2.57. The van der Waals surface area contributed by atoms with Crippen LogP contribution < -0.4 is 19.6 Å². The summed E-state index contributed by atoms with van der Waals surface area (Å²) < 4.78 is 28.4. The van der Waals surface area contributed by atoms with Crippen molar-refractivity contribution in [3.8, 4) is 28.4 Å². The highest BCUT2D eigenvalue weighted by molar-refractivity contribution is 5.86. The van der Waals surface area contributed by atoms with Crippen LogP contribution in [0.15, 0.2) is 45.8 Å². The van der Waals surface area contributed by atoms with Crippen LogP contribution in [-0.2, 0) is 11.3 Å². The molecule has 2 aliphatic rings. The SMILES string of the molecule is COc1ccc(-c2coc3c4c(ccc3c2=O)OCN(CC2CCCO2)C4)cc1OC. The molecule has 0 aliphatic carbocycles. The van der Waals surface area contributed by atoms with Gasteiger partial charge in [-0.15, -0.1) is 0 Å². The van der Waals surface area contributed by atoms with Crippen LogP contribution >= 0.6 is 0 Å². The highest BCUT2D eigenvalue weighted by atomic mass is 16.5. The molecule has 1 atom stereocenters. The summed E-state index contributed by atoms with van der Waals surface area (Å²) in [6.45, 7) is 2.80. The van der Waals surface area contributed by atoms with Crippen LogP contribution in [-0.4, -0.2) is 45.1 Å². The maximum Gasteiger partial charge on any atom is 0.200 e. The Morgan fingerprint density at radius 3 is 2.77 bits per heavy atom. The van der Waals surface area contributed by atoms with Crippen LogP contribution in [0.2, 0.25) is 0 Å². The van der Waals surface area contributed by atoms with E-state index in [1.54, 1.807) is 32.4 Å². The standard InChI is InChI=1S/C24H25NO6/c1-27-21-7-5-15(10-22(21)28-2)19-13-30-24-17(23(19)26)6-8-20-18(24)12-25(14-31-20)11-16-4-3-9-29-16/h5-8,10,13,16H,3-4,9,11-12,14H2,1-2H3. The molecule has 0 radical (unpaired) electrons. The first-order valence-electron chi connectivity index (χ1n) is 10.4. The third-order valence-electron chi connectivity index (χ3n) is 5.97. The zero-order chi connectivity index (χ0) is 21.4. The van der Waals surface area contributed by atoms with Crippen molar-refractivity contribution < 1.29 is 23.4 Å². The monoisotopic (exact) mass is 423 g/mol. The molecule has 2 aromatic carbocycles. The molecule has 7 heteroatoms. The summed E-state index contributed by atoms with van der Waals surface area (Å²) in [6, 6.07) is 9.02. The predicted octanol–water partition coefficient (Wildman–Crippen LogP) is 3.81. The minimum Gasteiger partial charge on any atom is -0.493 e. The van der Waals surface area contributed by atoms with E-state index in [1.807, 2.05) is 12.1 Å². The fourth-order valence-corrected chi connectivity index (χ4v) is 4.35. The van der Waals surface area contributed by atoms with Gasteiger partial charge in [0, 0.05) is 19.7 Å². The minimum absolute atomic E-state index is 0.0903. The number of hydrogen-bond donors (Lipinski definition) is 0. The fourth-order valence-electron chi connectivity index (χ4n) is 4.35. The second kappa shape index (κ2) is 8.24. The van der Waals surface area contributed by atoms with Gasteiger partial charge in [-0.05, 0) is 42.7 Å². The minimum atomic E-state index is -0.0903. The van der Waals surface area contributed by atoms with E-state index in [4.69, 9.17) is 23.4 Å². The van der Waals surface area contributed by atoms with Crippen molar-refractivity contribution in [2.45, 2.75) is 25.5 Å². The Balaban J connectivity index is 1.51. The molecular formula is C24H25NO6. The molecule has 0 spiro atoms. The highest BCUT2D eigenvalue weighted by Gasteiger charge is 2.26. The van der Waals surface area contributed by atoms with E-state index in [0.717, 1.165) is 37.3 Å². The molecule has 31 heavy (non-hydrogen) atoms. The van der Waals surface area contributed by atoms with Crippen LogP contribution in [0, 0.1) is 0 Å². The van der Waals surface area contributed by atoms with Crippen LogP contribution in [0.3, 0.4) is 0 Å². The second-order valence-electron chi connectivity index (χ2n) is 7.89. The van der Waals surface area contributed by atoms with Gasteiger partial charge in [-0.3, -0.25) is 9.69 Å². The quantitative estimate of drug-likeness (QED) is 0.618. The second-order valence-corrected chi connectivity index (χ2v) is 7.89. The van der Waals surface area contributed by atoms with Crippen molar-refractivity contribution in [3.63, 3.8) is 0 Å². The van der Waals surface area contributed by atoms with Gasteiger partial charge in [0.15, 0.2) is 11.5 Å². The molecule has 1 fully saturated rings. The Bertz CT molecular complexity index is 1160. The summed E-state index contributed by atoms with van der Waals surface area (Å²) >= 11 is 0. The number of nitrogens with zero attached hydrogens (tertiary/aromatic N) is 1. The van der Waals surface area contributed by atoms with Gasteiger partial charge in [-0.25, -0.2) is 0 Å². The average Bonchev–Trinajstić information content (AvgIpc) is 3.32. The summed E-state index contributed by atoms with van der Waals surface area (Å²) in [6.07, 6.45) is 3.93. The Hall–Kier alpha value is -3.03. The van der Waals surface area contributed by atoms with Crippen molar-refractivity contribution in [2.75, 3.05) is 34.1 Å². The molecule has 2 aliphatic heterocycles. The van der Waals surface area contributed by atoms with E-state index in [-0.39, 0.29) is 11.5 Å². The van der Waals surface area contributed by atoms with Crippen molar-refractivity contribution >= 4 is 11.0 Å². The Labute approximate surface area is 180 Å². The van der Waals surface area contributed by atoms with E-state index in [0.29, 0.717) is 46.9 Å². The molecule has 3 aromatic rings. The maximum atomic E-state index is 13.3. The molecule has 5 rings (SSSR count). The first kappa shape index (κ1) is 19.9. The zero-order valence-corrected chi connectivity index (χ0v) is 17.7. The largest absolute Gasteiger partial charge is 0.493 e. The number of hydrogen-bond acceptors (Lipinski definition) is 7. The van der Waals surface area contributed by atoms with Gasteiger partial charge in [-0.1, -0.05) is 6.07 Å². The lowest BCUT2D eigenvalue weighted by molar-refractivity contribution is 0.0281. The van der Waals surface area contributed by atoms with Gasteiger partial charge >= 0.3 is 0 Å².